The zero-order valence-electron chi connectivity index (χ0n) is 10.9. The van der Waals surface area contributed by atoms with Gasteiger partial charge in [0.2, 0.25) is 0 Å². The monoisotopic (exact) mass is 321 g/mol. The normalized spacial score (nSPS) is 12.4. The molecule has 1 nitrogen and oxygen atoms in total. The van der Waals surface area contributed by atoms with E-state index in [1.165, 1.54) is 17.7 Å². The molecule has 0 aliphatic rings. The molecule has 0 saturated heterocycles. The average Bonchev–Trinajstić information content (AvgIpc) is 2.43. The van der Waals surface area contributed by atoms with Crippen LogP contribution in [-0.2, 0) is 6.54 Å². The highest BCUT2D eigenvalue weighted by molar-refractivity contribution is 9.10. The van der Waals surface area contributed by atoms with Crippen molar-refractivity contribution in [1.82, 2.24) is 5.32 Å². The smallest absolute Gasteiger partial charge is 0.123 e. The van der Waals surface area contributed by atoms with E-state index in [9.17, 15) is 4.39 Å². The lowest BCUT2D eigenvalue weighted by Gasteiger charge is -2.17. The van der Waals surface area contributed by atoms with Crippen LogP contribution in [0.3, 0.4) is 0 Å². The van der Waals surface area contributed by atoms with Gasteiger partial charge in [-0.05, 0) is 41.8 Å². The van der Waals surface area contributed by atoms with Gasteiger partial charge in [0.15, 0.2) is 0 Å². The van der Waals surface area contributed by atoms with E-state index in [0.717, 1.165) is 23.0 Å². The summed E-state index contributed by atoms with van der Waals surface area (Å²) in [6, 6.07) is 15.3. The topological polar surface area (TPSA) is 12.0 Å². The van der Waals surface area contributed by atoms with E-state index in [-0.39, 0.29) is 5.82 Å². The van der Waals surface area contributed by atoms with E-state index >= 15 is 0 Å². The minimum Gasteiger partial charge on any atom is -0.306 e. The zero-order chi connectivity index (χ0) is 13.7. The zero-order valence-corrected chi connectivity index (χ0v) is 12.5. The van der Waals surface area contributed by atoms with Gasteiger partial charge in [-0.15, -0.1) is 0 Å². The Morgan fingerprint density at radius 3 is 2.26 bits per heavy atom. The molecule has 2 aromatic rings. The summed E-state index contributed by atoms with van der Waals surface area (Å²) < 4.78 is 13.9. The molecule has 0 spiro atoms. The van der Waals surface area contributed by atoms with Crippen LogP contribution in [0, 0.1) is 5.82 Å². The minimum absolute atomic E-state index is 0.191. The van der Waals surface area contributed by atoms with Crippen molar-refractivity contribution in [2.45, 2.75) is 25.9 Å². The van der Waals surface area contributed by atoms with Crippen molar-refractivity contribution >= 4 is 15.9 Å². The van der Waals surface area contributed by atoms with Crippen LogP contribution in [0.15, 0.2) is 53.0 Å². The summed E-state index contributed by atoms with van der Waals surface area (Å²) in [6.45, 7) is 2.90. The number of halogens is 2. The molecule has 2 rings (SSSR count). The molecule has 0 aliphatic carbocycles. The van der Waals surface area contributed by atoms with Gasteiger partial charge in [0, 0.05) is 17.1 Å². The summed E-state index contributed by atoms with van der Waals surface area (Å²) in [5.41, 5.74) is 2.37. The highest BCUT2D eigenvalue weighted by atomic mass is 79.9. The van der Waals surface area contributed by atoms with Crippen molar-refractivity contribution < 1.29 is 4.39 Å². The Labute approximate surface area is 122 Å². The van der Waals surface area contributed by atoms with Gasteiger partial charge in [0.05, 0.1) is 0 Å². The fourth-order valence-corrected chi connectivity index (χ4v) is 2.30. The lowest BCUT2D eigenvalue weighted by atomic mass is 10.0. The molecule has 0 saturated carbocycles. The molecule has 0 aliphatic heterocycles. The Balaban J connectivity index is 1.99. The average molecular weight is 322 g/mol. The van der Waals surface area contributed by atoms with Crippen molar-refractivity contribution in [2.75, 3.05) is 0 Å². The molecule has 0 heterocycles. The number of hydrogen-bond donors (Lipinski definition) is 1. The van der Waals surface area contributed by atoms with Gasteiger partial charge < -0.3 is 5.32 Å². The summed E-state index contributed by atoms with van der Waals surface area (Å²) in [5.74, 6) is -0.191. The van der Waals surface area contributed by atoms with Crippen LogP contribution in [0.1, 0.15) is 30.5 Å². The van der Waals surface area contributed by atoms with Crippen LogP contribution in [0.4, 0.5) is 4.39 Å². The second kappa shape index (κ2) is 6.83. The van der Waals surface area contributed by atoms with Crippen LogP contribution in [0.25, 0.3) is 0 Å². The summed E-state index contributed by atoms with van der Waals surface area (Å²) in [6.07, 6.45) is 1.02. The largest absolute Gasteiger partial charge is 0.306 e. The number of nitrogens with one attached hydrogen (secondary N) is 1. The molecule has 0 bridgehead atoms. The first-order chi connectivity index (χ1) is 9.19. The lowest BCUT2D eigenvalue weighted by molar-refractivity contribution is 0.518. The fraction of sp³-hybridized carbons (Fsp3) is 0.250. The van der Waals surface area contributed by atoms with Crippen molar-refractivity contribution in [3.05, 3.63) is 69.9 Å². The van der Waals surface area contributed by atoms with Gasteiger partial charge in [-0.1, -0.05) is 47.1 Å². The maximum Gasteiger partial charge on any atom is 0.123 e. The molecule has 0 amide bonds. The molecule has 1 N–H and O–H groups in total. The van der Waals surface area contributed by atoms with E-state index in [1.54, 1.807) is 0 Å². The summed E-state index contributed by atoms with van der Waals surface area (Å²) in [5, 5.41) is 3.50. The second-order valence-electron chi connectivity index (χ2n) is 4.52. The minimum atomic E-state index is -0.191. The van der Waals surface area contributed by atoms with Crippen molar-refractivity contribution in [1.29, 1.82) is 0 Å². The SMILES string of the molecule is CCC(NCc1ccc(F)cc1)c1ccc(Br)cc1. The Morgan fingerprint density at radius 1 is 1.05 bits per heavy atom. The van der Waals surface area contributed by atoms with E-state index < -0.39 is 0 Å². The Morgan fingerprint density at radius 2 is 1.68 bits per heavy atom. The van der Waals surface area contributed by atoms with Crippen LogP contribution in [-0.4, -0.2) is 0 Å². The quantitative estimate of drug-likeness (QED) is 0.831. The van der Waals surface area contributed by atoms with E-state index in [1.807, 2.05) is 12.1 Å². The Bertz CT molecular complexity index is 507. The summed E-state index contributed by atoms with van der Waals surface area (Å²) in [4.78, 5) is 0. The van der Waals surface area contributed by atoms with Crippen molar-refractivity contribution in [3.63, 3.8) is 0 Å². The third kappa shape index (κ3) is 4.15. The third-order valence-corrected chi connectivity index (χ3v) is 3.68. The second-order valence-corrected chi connectivity index (χ2v) is 5.44. The van der Waals surface area contributed by atoms with Gasteiger partial charge in [0.25, 0.3) is 0 Å². The standard InChI is InChI=1S/C16H17BrFN/c1-2-16(13-5-7-14(17)8-6-13)19-11-12-3-9-15(18)10-4-12/h3-10,16,19H,2,11H2,1H3. The maximum absolute atomic E-state index is 12.8. The number of hydrogen-bond acceptors (Lipinski definition) is 1. The highest BCUT2D eigenvalue weighted by Crippen LogP contribution is 2.20. The summed E-state index contributed by atoms with van der Waals surface area (Å²) >= 11 is 3.44. The predicted molar refractivity (Wildman–Crippen MR) is 80.4 cm³/mol. The molecular weight excluding hydrogens is 305 g/mol. The van der Waals surface area contributed by atoms with E-state index in [2.05, 4.69) is 52.4 Å². The molecule has 19 heavy (non-hydrogen) atoms. The molecule has 1 atom stereocenters. The summed E-state index contributed by atoms with van der Waals surface area (Å²) in [7, 11) is 0. The first-order valence-corrected chi connectivity index (χ1v) is 7.21. The van der Waals surface area contributed by atoms with Crippen LogP contribution in [0.5, 0.6) is 0 Å². The van der Waals surface area contributed by atoms with Gasteiger partial charge in [-0.2, -0.15) is 0 Å². The maximum atomic E-state index is 12.8. The van der Waals surface area contributed by atoms with Crippen LogP contribution in [0.2, 0.25) is 0 Å². The molecule has 0 radical (unpaired) electrons. The molecule has 3 heteroatoms. The van der Waals surface area contributed by atoms with E-state index in [4.69, 9.17) is 0 Å². The van der Waals surface area contributed by atoms with Gasteiger partial charge in [-0.3, -0.25) is 0 Å². The third-order valence-electron chi connectivity index (χ3n) is 3.15. The van der Waals surface area contributed by atoms with Crippen LogP contribution >= 0.6 is 15.9 Å². The highest BCUT2D eigenvalue weighted by Gasteiger charge is 2.08. The molecule has 100 valence electrons. The van der Waals surface area contributed by atoms with E-state index in [0.29, 0.717) is 6.04 Å². The molecule has 2 aromatic carbocycles. The molecule has 0 aromatic heterocycles. The van der Waals surface area contributed by atoms with Gasteiger partial charge in [0.1, 0.15) is 5.82 Å². The molecule has 1 unspecified atom stereocenters. The van der Waals surface area contributed by atoms with Crippen molar-refractivity contribution in [3.8, 4) is 0 Å². The fourth-order valence-electron chi connectivity index (χ4n) is 2.04. The van der Waals surface area contributed by atoms with Gasteiger partial charge in [-0.25, -0.2) is 4.39 Å². The first-order valence-electron chi connectivity index (χ1n) is 6.42. The Hall–Kier alpha value is -1.19. The van der Waals surface area contributed by atoms with Crippen LogP contribution < -0.4 is 5.32 Å². The molecular formula is C16H17BrFN. The number of rotatable bonds is 5. The van der Waals surface area contributed by atoms with Gasteiger partial charge >= 0.3 is 0 Å². The van der Waals surface area contributed by atoms with Crippen molar-refractivity contribution in [2.24, 2.45) is 0 Å². The predicted octanol–water partition coefficient (Wildman–Crippen LogP) is 4.83. The molecule has 0 fully saturated rings. The first kappa shape index (κ1) is 14.2. The number of benzene rings is 2. The lowest BCUT2D eigenvalue weighted by Crippen LogP contribution is -2.20. The Kier molecular flexibility index (Phi) is 5.11.